The summed E-state index contributed by atoms with van der Waals surface area (Å²) < 4.78 is 11.9. The van der Waals surface area contributed by atoms with Crippen LogP contribution in [0.25, 0.3) is 22.2 Å². The van der Waals surface area contributed by atoms with Gasteiger partial charge in [-0.05, 0) is 81.3 Å². The van der Waals surface area contributed by atoms with Crippen molar-refractivity contribution in [2.24, 2.45) is 0 Å². The van der Waals surface area contributed by atoms with Gasteiger partial charge in [-0.25, -0.2) is 0 Å². The van der Waals surface area contributed by atoms with Crippen LogP contribution in [0.3, 0.4) is 0 Å². The first-order chi connectivity index (χ1) is 18.0. The van der Waals surface area contributed by atoms with E-state index in [1.807, 2.05) is 49.4 Å². The lowest BCUT2D eigenvalue weighted by molar-refractivity contribution is -0.0121. The maximum absolute atomic E-state index is 9.66. The molecule has 0 saturated heterocycles. The third-order valence-corrected chi connectivity index (χ3v) is 7.41. The van der Waals surface area contributed by atoms with Crippen LogP contribution in [-0.4, -0.2) is 27.5 Å². The number of pyridine rings is 1. The minimum absolute atomic E-state index is 0.168. The Kier molecular flexibility index (Phi) is 7.85. The van der Waals surface area contributed by atoms with Crippen LogP contribution in [-0.2, 0) is 11.3 Å². The second-order valence-electron chi connectivity index (χ2n) is 9.81. The van der Waals surface area contributed by atoms with Crippen molar-refractivity contribution in [3.63, 3.8) is 0 Å². The number of hydrogen-bond acceptors (Lipinski definition) is 6. The Morgan fingerprint density at radius 1 is 1.05 bits per heavy atom. The van der Waals surface area contributed by atoms with Crippen LogP contribution < -0.4 is 0 Å². The van der Waals surface area contributed by atoms with E-state index in [0.717, 1.165) is 77.6 Å². The first-order valence-corrected chi connectivity index (χ1v) is 13.2. The number of aromatic nitrogens is 2. The lowest BCUT2D eigenvalue weighted by Crippen LogP contribution is -2.24. The molecule has 37 heavy (non-hydrogen) atoms. The molecule has 0 amide bonds. The Morgan fingerprint density at radius 2 is 1.84 bits per heavy atom. The fraction of sp³-hybridized carbons (Fsp3) is 0.367. The molecule has 6 nitrogen and oxygen atoms in total. The maximum Gasteiger partial charge on any atom is 0.145 e. The second kappa shape index (κ2) is 11.4. The number of halogens is 1. The molecule has 0 bridgehead atoms. The summed E-state index contributed by atoms with van der Waals surface area (Å²) in [5.41, 5.74) is 5.45. The van der Waals surface area contributed by atoms with E-state index in [0.29, 0.717) is 23.1 Å². The van der Waals surface area contributed by atoms with Crippen molar-refractivity contribution in [1.82, 2.24) is 10.1 Å². The number of fused-ring (bicyclic) bond motifs is 1. The summed E-state index contributed by atoms with van der Waals surface area (Å²) in [5, 5.41) is 24.4. The number of nitriles is 1. The standard InChI is InChI=1S/C20H24ClNO3.C10H6N2/c1-12-3-2-4-17(21)18(12)19-16(20(25-22-19)13-5-6-13)11-24-15-9-7-14(23)8-10-15;11-7-8-3-1-5-10-9(8)4-2-6-12-10/h2-4,13-15,23H,5-11H2,1H3;1-6H. The lowest BCUT2D eigenvalue weighted by Gasteiger charge is -2.25. The molecule has 2 aliphatic rings. The van der Waals surface area contributed by atoms with Gasteiger partial charge in [0, 0.05) is 28.6 Å². The smallest absolute Gasteiger partial charge is 0.145 e. The molecule has 7 heteroatoms. The molecular formula is C30H30ClN3O3. The topological polar surface area (TPSA) is 92.2 Å². The Balaban J connectivity index is 0.000000195. The SMILES string of the molecule is Cc1cccc(Cl)c1-c1noc(C2CC2)c1COC1CCC(O)CC1.N#Cc1cccc2ncccc12. The number of aryl methyl sites for hydroxylation is 1. The highest BCUT2D eigenvalue weighted by Gasteiger charge is 2.33. The highest BCUT2D eigenvalue weighted by atomic mass is 35.5. The van der Waals surface area contributed by atoms with E-state index in [4.69, 9.17) is 26.1 Å². The fourth-order valence-electron chi connectivity index (χ4n) is 4.87. The largest absolute Gasteiger partial charge is 0.393 e. The van der Waals surface area contributed by atoms with Crippen LogP contribution in [0.5, 0.6) is 0 Å². The summed E-state index contributed by atoms with van der Waals surface area (Å²) in [4.78, 5) is 4.14. The van der Waals surface area contributed by atoms with Crippen molar-refractivity contribution in [3.05, 3.63) is 82.2 Å². The minimum Gasteiger partial charge on any atom is -0.393 e. The predicted octanol–water partition coefficient (Wildman–Crippen LogP) is 7.11. The van der Waals surface area contributed by atoms with Crippen molar-refractivity contribution < 1.29 is 14.4 Å². The van der Waals surface area contributed by atoms with Crippen molar-refractivity contribution in [2.45, 2.75) is 70.2 Å². The highest BCUT2D eigenvalue weighted by molar-refractivity contribution is 6.33. The van der Waals surface area contributed by atoms with E-state index in [-0.39, 0.29) is 12.2 Å². The summed E-state index contributed by atoms with van der Waals surface area (Å²) in [6.07, 6.45) is 7.52. The van der Waals surface area contributed by atoms with Gasteiger partial charge in [-0.1, -0.05) is 35.0 Å². The molecule has 0 unspecified atom stereocenters. The molecule has 0 radical (unpaired) electrons. The van der Waals surface area contributed by atoms with Crippen molar-refractivity contribution in [2.75, 3.05) is 0 Å². The van der Waals surface area contributed by atoms with Gasteiger partial charge < -0.3 is 14.4 Å². The number of benzene rings is 2. The zero-order valence-corrected chi connectivity index (χ0v) is 21.6. The average molecular weight is 516 g/mol. The van der Waals surface area contributed by atoms with Gasteiger partial charge in [-0.15, -0.1) is 0 Å². The normalized spacial score (nSPS) is 19.2. The molecule has 0 aliphatic heterocycles. The van der Waals surface area contributed by atoms with Crippen LogP contribution in [0.15, 0.2) is 59.3 Å². The highest BCUT2D eigenvalue weighted by Crippen LogP contribution is 2.45. The number of aliphatic hydroxyl groups excluding tert-OH is 1. The number of ether oxygens (including phenoxy) is 1. The van der Waals surface area contributed by atoms with Crippen molar-refractivity contribution in [3.8, 4) is 17.3 Å². The van der Waals surface area contributed by atoms with Crippen LogP contribution >= 0.6 is 11.6 Å². The third-order valence-electron chi connectivity index (χ3n) is 7.10. The second-order valence-corrected chi connectivity index (χ2v) is 10.2. The molecule has 2 aromatic carbocycles. The van der Waals surface area contributed by atoms with Gasteiger partial charge in [-0.3, -0.25) is 4.98 Å². The quantitative estimate of drug-likeness (QED) is 0.304. The zero-order valence-electron chi connectivity index (χ0n) is 20.9. The molecule has 0 spiro atoms. The van der Waals surface area contributed by atoms with E-state index in [2.05, 4.69) is 16.2 Å². The summed E-state index contributed by atoms with van der Waals surface area (Å²) in [6.45, 7) is 2.54. The van der Waals surface area contributed by atoms with Gasteiger partial charge in [-0.2, -0.15) is 5.26 Å². The van der Waals surface area contributed by atoms with Gasteiger partial charge in [0.15, 0.2) is 0 Å². The van der Waals surface area contributed by atoms with Crippen LogP contribution in [0.2, 0.25) is 5.02 Å². The van der Waals surface area contributed by atoms with Gasteiger partial charge in [0.1, 0.15) is 11.5 Å². The van der Waals surface area contributed by atoms with E-state index in [1.165, 1.54) is 0 Å². The van der Waals surface area contributed by atoms with Crippen molar-refractivity contribution in [1.29, 1.82) is 5.26 Å². The van der Waals surface area contributed by atoms with E-state index in [9.17, 15) is 5.11 Å². The monoisotopic (exact) mass is 515 g/mol. The lowest BCUT2D eigenvalue weighted by atomic mass is 9.95. The molecule has 190 valence electrons. The number of rotatable bonds is 5. The molecule has 4 aromatic rings. The summed E-state index contributed by atoms with van der Waals surface area (Å²) in [6, 6.07) is 17.3. The van der Waals surface area contributed by atoms with Crippen LogP contribution in [0.4, 0.5) is 0 Å². The summed E-state index contributed by atoms with van der Waals surface area (Å²) >= 11 is 6.46. The Hall–Kier alpha value is -3.24. The molecule has 1 N–H and O–H groups in total. The number of aliphatic hydroxyl groups is 1. The summed E-state index contributed by atoms with van der Waals surface area (Å²) in [7, 11) is 0. The molecule has 2 aliphatic carbocycles. The molecule has 2 fully saturated rings. The van der Waals surface area contributed by atoms with Gasteiger partial charge in [0.25, 0.3) is 0 Å². The third kappa shape index (κ3) is 5.86. The van der Waals surface area contributed by atoms with Gasteiger partial charge in [0.05, 0.1) is 41.0 Å². The average Bonchev–Trinajstić information content (AvgIpc) is 3.68. The molecule has 0 atom stereocenters. The molecule has 2 heterocycles. The van der Waals surface area contributed by atoms with Gasteiger partial charge in [0.2, 0.25) is 0 Å². The Bertz CT molecular complexity index is 1390. The van der Waals surface area contributed by atoms with E-state index >= 15 is 0 Å². The first kappa shape index (κ1) is 25.4. The maximum atomic E-state index is 9.66. The summed E-state index contributed by atoms with van der Waals surface area (Å²) in [5.74, 6) is 1.43. The molecule has 2 aromatic heterocycles. The molecule has 2 saturated carbocycles. The van der Waals surface area contributed by atoms with Gasteiger partial charge >= 0.3 is 0 Å². The molecular weight excluding hydrogens is 486 g/mol. The van der Waals surface area contributed by atoms with Crippen molar-refractivity contribution >= 4 is 22.5 Å². The number of nitrogens with zero attached hydrogens (tertiary/aromatic N) is 3. The van der Waals surface area contributed by atoms with Crippen LogP contribution in [0, 0.1) is 18.3 Å². The van der Waals surface area contributed by atoms with Crippen LogP contribution in [0.1, 0.15) is 66.9 Å². The molecule has 6 rings (SSSR count). The minimum atomic E-state index is -0.168. The first-order valence-electron chi connectivity index (χ1n) is 12.8. The Labute approximate surface area is 221 Å². The predicted molar refractivity (Wildman–Crippen MR) is 143 cm³/mol. The fourth-order valence-corrected chi connectivity index (χ4v) is 5.18. The zero-order chi connectivity index (χ0) is 25.8. The Morgan fingerprint density at radius 3 is 2.57 bits per heavy atom. The van der Waals surface area contributed by atoms with E-state index in [1.54, 1.807) is 12.3 Å². The number of hydrogen-bond donors (Lipinski definition) is 1. The van der Waals surface area contributed by atoms with E-state index < -0.39 is 0 Å².